The summed E-state index contributed by atoms with van der Waals surface area (Å²) >= 11 is 3.10. The largest absolute Gasteiger partial charge is 0.507 e. The Labute approximate surface area is 191 Å². The van der Waals surface area contributed by atoms with Crippen molar-refractivity contribution in [1.82, 2.24) is 15.6 Å². The number of para-hydroxylation sites is 1. The second kappa shape index (κ2) is 9.77. The third-order valence-corrected chi connectivity index (χ3v) is 5.19. The predicted octanol–water partition coefficient (Wildman–Crippen LogP) is 3.92. The maximum atomic E-state index is 13.5. The van der Waals surface area contributed by atoms with Gasteiger partial charge in [0.05, 0.1) is 10.0 Å². The number of rotatable bonds is 7. The minimum Gasteiger partial charge on any atom is -0.507 e. The molecule has 0 aliphatic carbocycles. The summed E-state index contributed by atoms with van der Waals surface area (Å²) in [5.74, 6) is -0.979. The molecule has 32 heavy (non-hydrogen) atoms. The summed E-state index contributed by atoms with van der Waals surface area (Å²) in [7, 11) is 0. The molecule has 1 aromatic heterocycles. The fourth-order valence-electron chi connectivity index (χ4n) is 2.94. The molecule has 0 atom stereocenters. The Balaban J connectivity index is 1.70. The highest BCUT2D eigenvalue weighted by Crippen LogP contribution is 2.24. The number of phenols is 1. The van der Waals surface area contributed by atoms with E-state index in [1.54, 1.807) is 12.1 Å². The van der Waals surface area contributed by atoms with Crippen LogP contribution in [0.4, 0.5) is 10.1 Å². The lowest BCUT2D eigenvalue weighted by Gasteiger charge is -2.24. The first kappa shape index (κ1) is 23.2. The van der Waals surface area contributed by atoms with E-state index in [-0.39, 0.29) is 33.9 Å². The van der Waals surface area contributed by atoms with Gasteiger partial charge in [0.1, 0.15) is 17.3 Å². The Hall–Kier alpha value is -3.47. The van der Waals surface area contributed by atoms with E-state index >= 15 is 0 Å². The zero-order valence-corrected chi connectivity index (χ0v) is 18.9. The summed E-state index contributed by atoms with van der Waals surface area (Å²) in [6.07, 6.45) is 0.320. The van der Waals surface area contributed by atoms with Crippen LogP contribution < -0.4 is 10.6 Å². The van der Waals surface area contributed by atoms with Gasteiger partial charge in [0.15, 0.2) is 5.69 Å². The van der Waals surface area contributed by atoms with Crippen molar-refractivity contribution >= 4 is 33.4 Å². The van der Waals surface area contributed by atoms with E-state index in [1.807, 2.05) is 13.8 Å². The summed E-state index contributed by atoms with van der Waals surface area (Å²) in [5, 5.41) is 35.9. The molecule has 4 N–H and O–H groups in total. The number of nitrogens with one attached hydrogen (secondary N) is 2. The Bertz CT molecular complexity index is 1150. The lowest BCUT2D eigenvalue weighted by molar-refractivity contribution is 0.0933. The number of aromatic nitrogens is 2. The summed E-state index contributed by atoms with van der Waals surface area (Å²) in [4.78, 5) is 12.4. The van der Waals surface area contributed by atoms with Crippen molar-refractivity contribution in [3.63, 3.8) is 0 Å². The summed E-state index contributed by atoms with van der Waals surface area (Å²) in [5.41, 5.74) is 0.708. The Kier molecular flexibility index (Phi) is 7.08. The molecule has 0 aliphatic rings. The number of phenolic OH excluding ortho intramolecular Hbond substituents is 1. The number of halogens is 2. The van der Waals surface area contributed by atoms with Crippen molar-refractivity contribution in [3.05, 3.63) is 69.7 Å². The van der Waals surface area contributed by atoms with Crippen molar-refractivity contribution in [2.45, 2.75) is 20.3 Å². The molecule has 3 aromatic rings. The molecule has 11 heteroatoms. The van der Waals surface area contributed by atoms with Crippen LogP contribution in [0, 0.1) is 11.2 Å². The molecule has 0 aliphatic heterocycles. The highest BCUT2D eigenvalue weighted by atomic mass is 79.9. The molecule has 0 spiro atoms. The van der Waals surface area contributed by atoms with Gasteiger partial charge in [-0.25, -0.2) is 9.02 Å². The van der Waals surface area contributed by atoms with Crippen LogP contribution in [-0.4, -0.2) is 38.9 Å². The van der Waals surface area contributed by atoms with Gasteiger partial charge < -0.3 is 20.9 Å². The zero-order valence-electron chi connectivity index (χ0n) is 17.3. The first-order chi connectivity index (χ1) is 15.2. The van der Waals surface area contributed by atoms with Crippen molar-refractivity contribution in [2.75, 3.05) is 11.9 Å². The highest BCUT2D eigenvalue weighted by molar-refractivity contribution is 9.10. The molecule has 0 saturated heterocycles. The highest BCUT2D eigenvalue weighted by Gasteiger charge is 2.27. The zero-order chi connectivity index (χ0) is 23.3. The SMILES string of the molecule is CC(C)(CNC(=O)c1ccccc1O)Cc1nonc1C(=NO)Nc1ccc(F)c(Br)c1. The monoisotopic (exact) mass is 505 g/mol. The average Bonchev–Trinajstić information content (AvgIpc) is 3.20. The van der Waals surface area contributed by atoms with Crippen molar-refractivity contribution in [1.29, 1.82) is 0 Å². The second-order valence-electron chi connectivity index (χ2n) is 7.80. The van der Waals surface area contributed by atoms with Gasteiger partial charge in [0.2, 0.25) is 5.84 Å². The van der Waals surface area contributed by atoms with Crippen molar-refractivity contribution in [2.24, 2.45) is 10.6 Å². The first-order valence-electron chi connectivity index (χ1n) is 9.52. The number of nitrogens with zero attached hydrogens (tertiary/aromatic N) is 3. The van der Waals surface area contributed by atoms with Crippen LogP contribution in [0.15, 0.2) is 56.7 Å². The van der Waals surface area contributed by atoms with Gasteiger partial charge in [-0.2, -0.15) is 0 Å². The molecule has 0 unspecified atom stereocenters. The van der Waals surface area contributed by atoms with E-state index in [0.717, 1.165) is 0 Å². The average molecular weight is 506 g/mol. The fraction of sp³-hybridized carbons (Fsp3) is 0.238. The van der Waals surface area contributed by atoms with Crippen LogP contribution in [0.5, 0.6) is 5.75 Å². The van der Waals surface area contributed by atoms with Gasteiger partial charge in [0, 0.05) is 18.7 Å². The number of amides is 1. The topological polar surface area (TPSA) is 133 Å². The molecule has 0 fully saturated rings. The van der Waals surface area contributed by atoms with Crippen LogP contribution in [0.3, 0.4) is 0 Å². The van der Waals surface area contributed by atoms with E-state index in [1.165, 1.54) is 30.3 Å². The third-order valence-electron chi connectivity index (χ3n) is 4.59. The summed E-state index contributed by atoms with van der Waals surface area (Å²) in [6, 6.07) is 10.5. The molecule has 1 amide bonds. The van der Waals surface area contributed by atoms with Gasteiger partial charge in [-0.15, -0.1) is 0 Å². The Morgan fingerprint density at radius 2 is 2.00 bits per heavy atom. The first-order valence-corrected chi connectivity index (χ1v) is 10.3. The summed E-state index contributed by atoms with van der Waals surface area (Å²) < 4.78 is 18.5. The van der Waals surface area contributed by atoms with Crippen molar-refractivity contribution < 1.29 is 24.1 Å². The number of carbonyl (C=O) groups excluding carboxylic acids is 1. The van der Waals surface area contributed by atoms with E-state index in [0.29, 0.717) is 17.8 Å². The lowest BCUT2D eigenvalue weighted by Crippen LogP contribution is -2.35. The Morgan fingerprint density at radius 1 is 1.25 bits per heavy atom. The standard InChI is InChI=1S/C21H21BrFN5O4/c1-21(2,11-24-20(30)13-5-3-4-6-17(13)29)10-16-18(28-32-27-16)19(26-31)25-12-7-8-15(23)14(22)9-12/h3-9,29,31H,10-11H2,1-2H3,(H,24,30)(H,25,26). The number of hydrogen-bond acceptors (Lipinski definition) is 7. The number of oxime groups is 1. The van der Waals surface area contributed by atoms with Gasteiger partial charge in [0.25, 0.3) is 5.91 Å². The predicted molar refractivity (Wildman–Crippen MR) is 118 cm³/mol. The normalized spacial score (nSPS) is 11.9. The molecule has 9 nitrogen and oxygen atoms in total. The van der Waals surface area contributed by atoms with Crippen LogP contribution in [0.25, 0.3) is 0 Å². The molecule has 2 aromatic carbocycles. The van der Waals surface area contributed by atoms with Gasteiger partial charge in [-0.3, -0.25) is 4.79 Å². The Morgan fingerprint density at radius 3 is 2.69 bits per heavy atom. The maximum Gasteiger partial charge on any atom is 0.255 e. The van der Waals surface area contributed by atoms with Crippen molar-refractivity contribution in [3.8, 4) is 5.75 Å². The molecule has 0 saturated carbocycles. The van der Waals surface area contributed by atoms with Crippen LogP contribution in [-0.2, 0) is 6.42 Å². The molecular formula is C21H21BrFN5O4. The molecule has 0 radical (unpaired) electrons. The smallest absolute Gasteiger partial charge is 0.255 e. The number of benzene rings is 2. The number of anilines is 1. The van der Waals surface area contributed by atoms with Gasteiger partial charge in [-0.1, -0.05) is 36.3 Å². The van der Waals surface area contributed by atoms with Gasteiger partial charge >= 0.3 is 0 Å². The van der Waals surface area contributed by atoms with E-state index in [4.69, 9.17) is 4.63 Å². The number of aromatic hydroxyl groups is 1. The number of carbonyl (C=O) groups is 1. The summed E-state index contributed by atoms with van der Waals surface area (Å²) in [6.45, 7) is 4.06. The van der Waals surface area contributed by atoms with Crippen LogP contribution >= 0.6 is 15.9 Å². The third kappa shape index (κ3) is 5.61. The van der Waals surface area contributed by atoms with Gasteiger partial charge in [-0.05, 0) is 56.8 Å². The van der Waals surface area contributed by atoms with E-state index < -0.39 is 17.1 Å². The maximum absolute atomic E-state index is 13.5. The molecule has 1 heterocycles. The second-order valence-corrected chi connectivity index (χ2v) is 8.66. The quantitative estimate of drug-likeness (QED) is 0.165. The number of hydrogen-bond donors (Lipinski definition) is 4. The minimum atomic E-state index is -0.493. The molecule has 168 valence electrons. The number of amidine groups is 1. The molecule has 0 bridgehead atoms. The van der Waals surface area contributed by atoms with Crippen LogP contribution in [0.2, 0.25) is 0 Å². The van der Waals surface area contributed by atoms with E-state index in [2.05, 4.69) is 42.0 Å². The molecular weight excluding hydrogens is 485 g/mol. The lowest BCUT2D eigenvalue weighted by atomic mass is 9.87. The fourth-order valence-corrected chi connectivity index (χ4v) is 3.32. The van der Waals surface area contributed by atoms with Crippen LogP contribution in [0.1, 0.15) is 35.6 Å². The molecule has 3 rings (SSSR count). The minimum absolute atomic E-state index is 0.0335. The van der Waals surface area contributed by atoms with E-state index in [9.17, 15) is 19.5 Å².